The maximum absolute atomic E-state index is 13.5. The summed E-state index contributed by atoms with van der Waals surface area (Å²) in [4.78, 5) is 41.9. The van der Waals surface area contributed by atoms with Crippen LogP contribution in [0.1, 0.15) is 69.5 Å². The molecule has 3 atom stereocenters. The third-order valence-electron chi connectivity index (χ3n) is 7.30. The van der Waals surface area contributed by atoms with Crippen LogP contribution in [-0.2, 0) is 9.59 Å². The smallest absolute Gasteiger partial charge is 0.251 e. The zero-order valence-electron chi connectivity index (χ0n) is 17.7. The van der Waals surface area contributed by atoms with Crippen LogP contribution < -0.4 is 5.56 Å². The summed E-state index contributed by atoms with van der Waals surface area (Å²) in [6.45, 7) is 3.51. The van der Waals surface area contributed by atoms with Crippen LogP contribution >= 0.6 is 0 Å². The fraction of sp³-hybridized carbons (Fsp3) is 0.696. The molecule has 6 nitrogen and oxygen atoms in total. The Morgan fingerprint density at radius 3 is 2.66 bits per heavy atom. The number of rotatable bonds is 5. The van der Waals surface area contributed by atoms with Gasteiger partial charge >= 0.3 is 0 Å². The zero-order valence-corrected chi connectivity index (χ0v) is 17.7. The van der Waals surface area contributed by atoms with Crippen LogP contribution in [0.5, 0.6) is 0 Å². The van der Waals surface area contributed by atoms with Gasteiger partial charge < -0.3 is 9.80 Å². The normalized spacial score (nSPS) is 26.3. The number of aromatic nitrogens is 1. The van der Waals surface area contributed by atoms with E-state index in [4.69, 9.17) is 0 Å². The Hall–Kier alpha value is -2.11. The molecule has 6 heteroatoms. The van der Waals surface area contributed by atoms with Gasteiger partial charge in [0, 0.05) is 57.2 Å². The summed E-state index contributed by atoms with van der Waals surface area (Å²) in [5.41, 5.74) is 0.795. The first-order chi connectivity index (χ1) is 14.0. The third-order valence-corrected chi connectivity index (χ3v) is 7.30. The van der Waals surface area contributed by atoms with Crippen LogP contribution in [-0.4, -0.2) is 52.9 Å². The minimum Gasteiger partial charge on any atom is -0.344 e. The van der Waals surface area contributed by atoms with Crippen molar-refractivity contribution in [2.75, 3.05) is 26.7 Å². The molecular weight excluding hydrogens is 366 g/mol. The monoisotopic (exact) mass is 399 g/mol. The van der Waals surface area contributed by atoms with Crippen molar-refractivity contribution in [2.45, 2.75) is 63.8 Å². The summed E-state index contributed by atoms with van der Waals surface area (Å²) >= 11 is 0. The predicted octanol–water partition coefficient (Wildman–Crippen LogP) is 2.78. The number of fused-ring (bicyclic) bond motifs is 4. The number of carbonyl (C=O) groups excluding carboxylic acids is 2. The van der Waals surface area contributed by atoms with E-state index in [0.717, 1.165) is 31.0 Å². The van der Waals surface area contributed by atoms with Gasteiger partial charge in [0.25, 0.3) is 5.56 Å². The van der Waals surface area contributed by atoms with Gasteiger partial charge in [-0.25, -0.2) is 0 Å². The summed E-state index contributed by atoms with van der Waals surface area (Å²) in [6.07, 6.45) is 8.40. The summed E-state index contributed by atoms with van der Waals surface area (Å²) in [5.74, 6) is 1.00. The lowest BCUT2D eigenvalue weighted by Crippen LogP contribution is -2.54. The lowest BCUT2D eigenvalue weighted by Gasteiger charge is -2.46. The van der Waals surface area contributed by atoms with Gasteiger partial charge in [0.2, 0.25) is 11.8 Å². The second-order valence-electron chi connectivity index (χ2n) is 9.27. The lowest BCUT2D eigenvalue weighted by molar-refractivity contribution is -0.140. The van der Waals surface area contributed by atoms with Crippen LogP contribution in [0.15, 0.2) is 23.0 Å². The number of hydrogen-bond acceptors (Lipinski definition) is 3. The van der Waals surface area contributed by atoms with Gasteiger partial charge in [-0.3, -0.25) is 19.0 Å². The lowest BCUT2D eigenvalue weighted by atomic mass is 9.78. The Labute approximate surface area is 172 Å². The molecule has 158 valence electrons. The van der Waals surface area contributed by atoms with Gasteiger partial charge in [-0.1, -0.05) is 31.7 Å². The van der Waals surface area contributed by atoms with Crippen molar-refractivity contribution in [2.24, 2.45) is 11.8 Å². The van der Waals surface area contributed by atoms with E-state index in [0.29, 0.717) is 13.1 Å². The first kappa shape index (κ1) is 20.2. The van der Waals surface area contributed by atoms with Crippen molar-refractivity contribution < 1.29 is 9.59 Å². The van der Waals surface area contributed by atoms with Crippen LogP contribution in [0.3, 0.4) is 0 Å². The molecule has 2 aliphatic heterocycles. The second kappa shape index (κ2) is 8.33. The van der Waals surface area contributed by atoms with Gasteiger partial charge in [-0.15, -0.1) is 0 Å². The Balaban J connectivity index is 1.54. The van der Waals surface area contributed by atoms with E-state index in [1.807, 2.05) is 22.9 Å². The average Bonchev–Trinajstić information content (AvgIpc) is 3.21. The van der Waals surface area contributed by atoms with Crippen molar-refractivity contribution in [3.8, 4) is 0 Å². The number of amides is 2. The van der Waals surface area contributed by atoms with Gasteiger partial charge in [-0.05, 0) is 31.2 Å². The molecule has 3 heterocycles. The van der Waals surface area contributed by atoms with Crippen molar-refractivity contribution in [1.82, 2.24) is 14.4 Å². The van der Waals surface area contributed by atoms with Crippen molar-refractivity contribution in [3.63, 3.8) is 0 Å². The molecular formula is C23H33N3O3. The fourth-order valence-corrected chi connectivity index (χ4v) is 5.76. The molecule has 0 radical (unpaired) electrons. The zero-order chi connectivity index (χ0) is 20.5. The van der Waals surface area contributed by atoms with Gasteiger partial charge in [0.05, 0.1) is 0 Å². The van der Waals surface area contributed by atoms with E-state index in [1.165, 1.54) is 32.1 Å². The molecule has 1 saturated heterocycles. The highest BCUT2D eigenvalue weighted by molar-refractivity contribution is 5.81. The summed E-state index contributed by atoms with van der Waals surface area (Å²) in [6, 6.07) is 4.77. The molecule has 2 bridgehead atoms. The molecule has 4 rings (SSSR count). The van der Waals surface area contributed by atoms with E-state index in [9.17, 15) is 14.4 Å². The predicted molar refractivity (Wildman–Crippen MR) is 112 cm³/mol. The number of likely N-dealkylation sites (N-methyl/N-ethyl adjacent to an activating group) is 1. The first-order valence-corrected chi connectivity index (χ1v) is 11.2. The molecule has 1 aromatic heterocycles. The van der Waals surface area contributed by atoms with E-state index in [1.54, 1.807) is 23.6 Å². The topological polar surface area (TPSA) is 62.6 Å². The van der Waals surface area contributed by atoms with Crippen LogP contribution in [0.4, 0.5) is 0 Å². The van der Waals surface area contributed by atoms with E-state index in [2.05, 4.69) is 0 Å². The fourth-order valence-electron chi connectivity index (χ4n) is 5.76. The number of nitrogens with zero attached hydrogens (tertiary/aromatic N) is 3. The summed E-state index contributed by atoms with van der Waals surface area (Å²) < 4.78 is 1.73. The van der Waals surface area contributed by atoms with Crippen molar-refractivity contribution >= 4 is 11.8 Å². The quantitative estimate of drug-likeness (QED) is 0.765. The number of likely N-dealkylation sites (tertiary alicyclic amines) is 1. The molecule has 0 N–H and O–H groups in total. The molecule has 0 aromatic carbocycles. The highest BCUT2D eigenvalue weighted by Gasteiger charge is 2.44. The Bertz CT molecular complexity index is 827. The number of carbonyl (C=O) groups is 2. The van der Waals surface area contributed by atoms with E-state index >= 15 is 0 Å². The molecule has 2 fully saturated rings. The summed E-state index contributed by atoms with van der Waals surface area (Å²) in [5, 5.41) is 0. The second-order valence-corrected chi connectivity index (χ2v) is 9.27. The van der Waals surface area contributed by atoms with Crippen molar-refractivity contribution in [1.29, 1.82) is 0 Å². The van der Waals surface area contributed by atoms with Gasteiger partial charge in [-0.2, -0.15) is 0 Å². The molecule has 1 aromatic rings. The Kier molecular flexibility index (Phi) is 5.79. The molecule has 2 amide bonds. The maximum atomic E-state index is 13.5. The molecule has 3 aliphatic rings. The minimum atomic E-state index is -0.506. The number of pyridine rings is 1. The van der Waals surface area contributed by atoms with Crippen LogP contribution in [0.25, 0.3) is 0 Å². The molecule has 0 spiro atoms. The van der Waals surface area contributed by atoms with Crippen molar-refractivity contribution in [3.05, 3.63) is 34.2 Å². The SMILES string of the molecule is CC(=O)N1C[C@H]2C[C@@H](C1)[C@H](C(=O)N(C)CCCC1CCCC1)n1c2cccc1=O. The number of piperidine rings is 1. The van der Waals surface area contributed by atoms with Crippen LogP contribution in [0, 0.1) is 11.8 Å². The largest absolute Gasteiger partial charge is 0.344 e. The Morgan fingerprint density at radius 1 is 1.17 bits per heavy atom. The highest BCUT2D eigenvalue weighted by atomic mass is 16.2. The third kappa shape index (κ3) is 3.99. The van der Waals surface area contributed by atoms with Gasteiger partial charge in [0.1, 0.15) is 6.04 Å². The average molecular weight is 400 g/mol. The summed E-state index contributed by atoms with van der Waals surface area (Å²) in [7, 11) is 1.86. The standard InChI is InChI=1S/C23H33N3O3/c1-16(27)25-14-18-13-19(15-25)22(26-20(18)10-5-11-21(26)28)23(29)24(2)12-6-9-17-7-3-4-8-17/h5,10-11,17-19,22H,3-4,6-9,12-15H2,1-2H3/t18-,19+,22-/m1/s1. The van der Waals surface area contributed by atoms with Gasteiger partial charge in [0.15, 0.2) is 0 Å². The minimum absolute atomic E-state index is 0.00460. The maximum Gasteiger partial charge on any atom is 0.251 e. The molecule has 29 heavy (non-hydrogen) atoms. The Morgan fingerprint density at radius 2 is 1.93 bits per heavy atom. The van der Waals surface area contributed by atoms with E-state index in [-0.39, 0.29) is 29.2 Å². The van der Waals surface area contributed by atoms with Crippen LogP contribution in [0.2, 0.25) is 0 Å². The molecule has 1 saturated carbocycles. The molecule has 0 unspecified atom stereocenters. The molecule has 1 aliphatic carbocycles. The first-order valence-electron chi connectivity index (χ1n) is 11.2. The number of hydrogen-bond donors (Lipinski definition) is 0. The van der Waals surface area contributed by atoms with E-state index < -0.39 is 6.04 Å². The highest BCUT2D eigenvalue weighted by Crippen LogP contribution is 2.41.